The van der Waals surface area contributed by atoms with Gasteiger partial charge in [-0.2, -0.15) is 0 Å². The minimum absolute atomic E-state index is 0.490. The lowest BCUT2D eigenvalue weighted by atomic mass is 9.89. The van der Waals surface area contributed by atoms with E-state index < -0.39 is 10.0 Å². The lowest BCUT2D eigenvalue weighted by Crippen LogP contribution is -2.36. The molecule has 0 aliphatic heterocycles. The molecule has 1 aliphatic carbocycles. The minimum Gasteiger partial charge on any atom is -0.368 e. The zero-order chi connectivity index (χ0) is 21.8. The van der Waals surface area contributed by atoms with Gasteiger partial charge in [-0.15, -0.1) is 0 Å². The summed E-state index contributed by atoms with van der Waals surface area (Å²) in [5.74, 6) is 0.490. The number of fused-ring (bicyclic) bond motifs is 1. The summed E-state index contributed by atoms with van der Waals surface area (Å²) in [7, 11) is -3.25. The molecule has 1 aliphatic rings. The molecule has 0 aromatic heterocycles. The lowest BCUT2D eigenvalue weighted by molar-refractivity contribution is 0.501. The van der Waals surface area contributed by atoms with Gasteiger partial charge in [-0.3, -0.25) is 4.72 Å². The molecule has 1 N–H and O–H groups in total. The zero-order valence-corrected chi connectivity index (χ0v) is 19.2. The molecule has 0 amide bonds. The van der Waals surface area contributed by atoms with E-state index in [1.807, 2.05) is 12.1 Å². The van der Waals surface area contributed by atoms with Gasteiger partial charge in [0.2, 0.25) is 10.0 Å². The number of anilines is 2. The fourth-order valence-corrected chi connectivity index (χ4v) is 5.61. The first-order valence-corrected chi connectivity index (χ1v) is 13.2. The number of sulfonamides is 1. The van der Waals surface area contributed by atoms with Gasteiger partial charge in [0.05, 0.1) is 6.26 Å². The summed E-state index contributed by atoms with van der Waals surface area (Å²) in [6, 6.07) is 23.7. The van der Waals surface area contributed by atoms with Crippen molar-refractivity contribution in [1.82, 2.24) is 0 Å². The van der Waals surface area contributed by atoms with Crippen LogP contribution in [-0.4, -0.2) is 27.3 Å². The van der Waals surface area contributed by atoms with Crippen LogP contribution < -0.4 is 9.62 Å². The molecule has 4 rings (SSSR count). The van der Waals surface area contributed by atoms with Crippen LogP contribution in [0, 0.1) is 0 Å². The van der Waals surface area contributed by atoms with Crippen LogP contribution in [0.2, 0.25) is 0 Å². The molecular formula is C26H32N2O2S. The lowest BCUT2D eigenvalue weighted by Gasteiger charge is -2.35. The van der Waals surface area contributed by atoms with Crippen LogP contribution in [0.5, 0.6) is 0 Å². The molecule has 0 heterocycles. The maximum absolute atomic E-state index is 11.5. The molecule has 0 radical (unpaired) electrons. The molecule has 0 saturated heterocycles. The average Bonchev–Trinajstić information content (AvgIpc) is 3.00. The molecule has 1 fully saturated rings. The summed E-state index contributed by atoms with van der Waals surface area (Å²) >= 11 is 0. The topological polar surface area (TPSA) is 49.4 Å². The molecule has 3 aromatic rings. The summed E-state index contributed by atoms with van der Waals surface area (Å²) in [6.07, 6.45) is 7.18. The van der Waals surface area contributed by atoms with Crippen molar-refractivity contribution < 1.29 is 8.42 Å². The van der Waals surface area contributed by atoms with Gasteiger partial charge in [0.25, 0.3) is 0 Å². The SMILES string of the molecule is CCN(c1cccc2ccccc12)C1CCCCC(c2ccc(NS(C)(=O)=O)cc2)C1. The van der Waals surface area contributed by atoms with E-state index in [-0.39, 0.29) is 0 Å². The highest BCUT2D eigenvalue weighted by Crippen LogP contribution is 2.37. The van der Waals surface area contributed by atoms with Crippen molar-refractivity contribution in [2.75, 3.05) is 22.4 Å². The first-order chi connectivity index (χ1) is 14.9. The summed E-state index contributed by atoms with van der Waals surface area (Å²) in [5.41, 5.74) is 3.27. The van der Waals surface area contributed by atoms with Crippen LogP contribution in [-0.2, 0) is 10.0 Å². The monoisotopic (exact) mass is 436 g/mol. The van der Waals surface area contributed by atoms with Crippen LogP contribution in [0.1, 0.15) is 50.5 Å². The number of benzene rings is 3. The van der Waals surface area contributed by atoms with E-state index in [4.69, 9.17) is 0 Å². The van der Waals surface area contributed by atoms with Crippen molar-refractivity contribution in [3.8, 4) is 0 Å². The van der Waals surface area contributed by atoms with Crippen molar-refractivity contribution in [2.45, 2.75) is 51.0 Å². The van der Waals surface area contributed by atoms with E-state index in [1.165, 1.54) is 54.0 Å². The number of hydrogen-bond donors (Lipinski definition) is 1. The Morgan fingerprint density at radius 1 is 0.935 bits per heavy atom. The number of rotatable bonds is 6. The number of nitrogens with one attached hydrogen (secondary N) is 1. The molecule has 164 valence electrons. The predicted octanol–water partition coefficient (Wildman–Crippen LogP) is 6.15. The van der Waals surface area contributed by atoms with Crippen molar-refractivity contribution in [2.24, 2.45) is 0 Å². The molecule has 0 bridgehead atoms. The van der Waals surface area contributed by atoms with Gasteiger partial charge in [-0.25, -0.2) is 8.42 Å². The molecule has 4 nitrogen and oxygen atoms in total. The Hall–Kier alpha value is -2.53. The number of hydrogen-bond acceptors (Lipinski definition) is 3. The second kappa shape index (κ2) is 9.31. The van der Waals surface area contributed by atoms with Gasteiger partial charge in [-0.1, -0.05) is 61.4 Å². The average molecular weight is 437 g/mol. The fourth-order valence-electron chi connectivity index (χ4n) is 5.04. The molecule has 2 atom stereocenters. The van der Waals surface area contributed by atoms with E-state index in [1.54, 1.807) is 0 Å². The Morgan fingerprint density at radius 2 is 1.65 bits per heavy atom. The van der Waals surface area contributed by atoms with Crippen LogP contribution in [0.25, 0.3) is 10.8 Å². The first kappa shape index (κ1) is 21.7. The molecule has 1 saturated carbocycles. The molecule has 5 heteroatoms. The van der Waals surface area contributed by atoms with E-state index in [9.17, 15) is 8.42 Å². The van der Waals surface area contributed by atoms with Crippen LogP contribution in [0.15, 0.2) is 66.7 Å². The summed E-state index contributed by atoms with van der Waals surface area (Å²) in [6.45, 7) is 3.25. The third-order valence-corrected chi connectivity index (χ3v) is 7.05. The Balaban J connectivity index is 1.58. The van der Waals surface area contributed by atoms with E-state index in [2.05, 4.69) is 71.1 Å². The van der Waals surface area contributed by atoms with Crippen LogP contribution in [0.4, 0.5) is 11.4 Å². The smallest absolute Gasteiger partial charge is 0.229 e. The molecule has 31 heavy (non-hydrogen) atoms. The third-order valence-electron chi connectivity index (χ3n) is 6.44. The minimum atomic E-state index is -3.25. The highest BCUT2D eigenvalue weighted by molar-refractivity contribution is 7.92. The first-order valence-electron chi connectivity index (χ1n) is 11.3. The molecule has 3 aromatic carbocycles. The predicted molar refractivity (Wildman–Crippen MR) is 131 cm³/mol. The van der Waals surface area contributed by atoms with Crippen molar-refractivity contribution >= 4 is 32.2 Å². The standard InChI is InChI=1S/C26H32N2O2S/c1-3-28(26-14-8-11-21-9-5-7-13-25(21)26)24-12-6-4-10-22(19-24)20-15-17-23(18-16-20)27-31(2,29)30/h5,7-9,11,13-18,22,24,27H,3-4,6,10,12,19H2,1-2H3. The summed E-state index contributed by atoms with van der Waals surface area (Å²) in [4.78, 5) is 2.60. The normalized spacial score (nSPS) is 19.7. The molecule has 0 spiro atoms. The highest BCUT2D eigenvalue weighted by Gasteiger charge is 2.26. The fraction of sp³-hybridized carbons (Fsp3) is 0.385. The van der Waals surface area contributed by atoms with Gasteiger partial charge in [0.15, 0.2) is 0 Å². The van der Waals surface area contributed by atoms with Gasteiger partial charge in [-0.05, 0) is 61.3 Å². The molecule has 2 unspecified atom stereocenters. The van der Waals surface area contributed by atoms with E-state index in [0.29, 0.717) is 17.6 Å². The second-order valence-corrected chi connectivity index (χ2v) is 10.4. The Labute approximate surface area is 186 Å². The maximum Gasteiger partial charge on any atom is 0.229 e. The van der Waals surface area contributed by atoms with Gasteiger partial charge in [0.1, 0.15) is 0 Å². The van der Waals surface area contributed by atoms with Crippen molar-refractivity contribution in [3.05, 3.63) is 72.3 Å². The number of nitrogens with zero attached hydrogens (tertiary/aromatic N) is 1. The summed E-state index contributed by atoms with van der Waals surface area (Å²) in [5, 5.41) is 2.61. The molecular weight excluding hydrogens is 404 g/mol. The quantitative estimate of drug-likeness (QED) is 0.471. The Bertz CT molecular complexity index is 1120. The van der Waals surface area contributed by atoms with Crippen LogP contribution in [0.3, 0.4) is 0 Å². The van der Waals surface area contributed by atoms with Crippen LogP contribution >= 0.6 is 0 Å². The largest absolute Gasteiger partial charge is 0.368 e. The van der Waals surface area contributed by atoms with Crippen molar-refractivity contribution in [1.29, 1.82) is 0 Å². The van der Waals surface area contributed by atoms with Crippen molar-refractivity contribution in [3.63, 3.8) is 0 Å². The van der Waals surface area contributed by atoms with Gasteiger partial charge < -0.3 is 4.90 Å². The maximum atomic E-state index is 11.5. The van der Waals surface area contributed by atoms with E-state index in [0.717, 1.165) is 13.0 Å². The highest BCUT2D eigenvalue weighted by atomic mass is 32.2. The Kier molecular flexibility index (Phi) is 6.51. The Morgan fingerprint density at radius 3 is 2.39 bits per heavy atom. The third kappa shape index (κ3) is 5.21. The second-order valence-electron chi connectivity index (χ2n) is 8.65. The van der Waals surface area contributed by atoms with Gasteiger partial charge in [0, 0.05) is 29.3 Å². The van der Waals surface area contributed by atoms with Gasteiger partial charge >= 0.3 is 0 Å². The van der Waals surface area contributed by atoms with E-state index >= 15 is 0 Å². The summed E-state index contributed by atoms with van der Waals surface area (Å²) < 4.78 is 25.6. The zero-order valence-electron chi connectivity index (χ0n) is 18.4.